The Hall–Kier alpha value is -2.30. The predicted molar refractivity (Wildman–Crippen MR) is 109 cm³/mol. The maximum Gasteiger partial charge on any atom is 0.338 e. The van der Waals surface area contributed by atoms with Crippen molar-refractivity contribution >= 4 is 17.6 Å². The molecule has 1 aliphatic rings. The minimum Gasteiger partial charge on any atom is -0.449 e. The van der Waals surface area contributed by atoms with Crippen molar-refractivity contribution in [2.24, 2.45) is 0 Å². The summed E-state index contributed by atoms with van der Waals surface area (Å²) in [5, 5.41) is 2.86. The van der Waals surface area contributed by atoms with Gasteiger partial charge >= 0.3 is 5.97 Å². The smallest absolute Gasteiger partial charge is 0.338 e. The van der Waals surface area contributed by atoms with Gasteiger partial charge in [0.25, 0.3) is 5.91 Å². The van der Waals surface area contributed by atoms with E-state index in [0.717, 1.165) is 38.0 Å². The van der Waals surface area contributed by atoms with Crippen molar-refractivity contribution in [3.8, 4) is 0 Å². The zero-order chi connectivity index (χ0) is 19.6. The van der Waals surface area contributed by atoms with E-state index in [2.05, 4.69) is 30.1 Å². The van der Waals surface area contributed by atoms with E-state index in [-0.39, 0.29) is 5.91 Å². The van der Waals surface area contributed by atoms with Crippen LogP contribution < -0.4 is 10.2 Å². The van der Waals surface area contributed by atoms with Crippen molar-refractivity contribution in [2.45, 2.75) is 59.0 Å². The Labute approximate surface area is 162 Å². The van der Waals surface area contributed by atoms with Crippen molar-refractivity contribution in [3.63, 3.8) is 0 Å². The molecule has 0 fully saturated rings. The summed E-state index contributed by atoms with van der Waals surface area (Å²) in [6.07, 6.45) is 7.12. The molecule has 0 aliphatic heterocycles. The summed E-state index contributed by atoms with van der Waals surface area (Å²) < 4.78 is 5.31. The molecule has 0 saturated heterocycles. The number of amides is 1. The van der Waals surface area contributed by atoms with Gasteiger partial charge in [0.05, 0.1) is 5.56 Å². The minimum absolute atomic E-state index is 0.250. The third-order valence-electron chi connectivity index (χ3n) is 5.02. The van der Waals surface area contributed by atoms with Gasteiger partial charge in [-0.2, -0.15) is 0 Å². The molecular formula is C22H32N2O3. The number of hydrogen-bond donors (Lipinski definition) is 1. The SMILES string of the molecule is CCN(CC)c1ccc(C(=O)O[C@H](C)C(=O)NCCC2=CCCCC2)cc1. The van der Waals surface area contributed by atoms with Crippen LogP contribution in [0.4, 0.5) is 5.69 Å². The van der Waals surface area contributed by atoms with Gasteiger partial charge in [0, 0.05) is 25.3 Å². The van der Waals surface area contributed by atoms with Gasteiger partial charge in [0.2, 0.25) is 0 Å². The molecule has 0 unspecified atom stereocenters. The molecule has 148 valence electrons. The Bertz CT molecular complexity index is 648. The van der Waals surface area contributed by atoms with E-state index in [4.69, 9.17) is 4.74 Å². The molecule has 1 aromatic carbocycles. The lowest BCUT2D eigenvalue weighted by Crippen LogP contribution is -2.36. The molecular weight excluding hydrogens is 340 g/mol. The Kier molecular flexibility index (Phi) is 8.37. The van der Waals surface area contributed by atoms with Crippen molar-refractivity contribution in [1.29, 1.82) is 0 Å². The number of ether oxygens (including phenoxy) is 1. The lowest BCUT2D eigenvalue weighted by Gasteiger charge is -2.21. The number of carbonyl (C=O) groups excluding carboxylic acids is 2. The van der Waals surface area contributed by atoms with Gasteiger partial charge in [0.15, 0.2) is 6.10 Å². The second kappa shape index (κ2) is 10.8. The maximum absolute atomic E-state index is 12.3. The first-order valence-corrected chi connectivity index (χ1v) is 10.1. The number of nitrogens with one attached hydrogen (secondary N) is 1. The first-order valence-electron chi connectivity index (χ1n) is 10.1. The Morgan fingerprint density at radius 3 is 2.44 bits per heavy atom. The van der Waals surface area contributed by atoms with Crippen molar-refractivity contribution in [1.82, 2.24) is 5.32 Å². The Balaban J connectivity index is 1.79. The normalized spacial score (nSPS) is 14.9. The van der Waals surface area contributed by atoms with E-state index in [1.54, 1.807) is 19.1 Å². The van der Waals surface area contributed by atoms with Crippen LogP contribution in [0.15, 0.2) is 35.9 Å². The highest BCUT2D eigenvalue weighted by molar-refractivity contribution is 5.92. The largest absolute Gasteiger partial charge is 0.449 e. The molecule has 5 heteroatoms. The fourth-order valence-electron chi connectivity index (χ4n) is 3.30. The van der Waals surface area contributed by atoms with E-state index < -0.39 is 12.1 Å². The molecule has 1 aliphatic carbocycles. The van der Waals surface area contributed by atoms with Crippen LogP contribution in [-0.4, -0.2) is 37.6 Å². The van der Waals surface area contributed by atoms with Gasteiger partial charge in [-0.1, -0.05) is 11.6 Å². The van der Waals surface area contributed by atoms with Gasteiger partial charge in [0.1, 0.15) is 0 Å². The van der Waals surface area contributed by atoms with E-state index in [1.165, 1.54) is 18.4 Å². The number of allylic oxidation sites excluding steroid dienone is 1. The average Bonchev–Trinajstić information content (AvgIpc) is 2.70. The van der Waals surface area contributed by atoms with Gasteiger partial charge in [-0.3, -0.25) is 4.79 Å². The molecule has 2 rings (SSSR count). The standard InChI is InChI=1S/C22H32N2O3/c1-4-24(5-2)20-13-11-19(12-14-20)22(26)27-17(3)21(25)23-16-15-18-9-7-6-8-10-18/h9,11-14,17H,4-8,10,15-16H2,1-3H3,(H,23,25)/t17-/m1/s1. The van der Waals surface area contributed by atoms with Gasteiger partial charge in [-0.05, 0) is 77.1 Å². The van der Waals surface area contributed by atoms with E-state index >= 15 is 0 Å². The van der Waals surface area contributed by atoms with E-state index in [9.17, 15) is 9.59 Å². The summed E-state index contributed by atoms with van der Waals surface area (Å²) in [4.78, 5) is 26.6. The topological polar surface area (TPSA) is 58.6 Å². The van der Waals surface area contributed by atoms with Crippen molar-refractivity contribution in [3.05, 3.63) is 41.5 Å². The van der Waals surface area contributed by atoms with Gasteiger partial charge in [-0.15, -0.1) is 0 Å². The van der Waals surface area contributed by atoms with E-state index in [0.29, 0.717) is 12.1 Å². The summed E-state index contributed by atoms with van der Waals surface area (Å²) in [5.41, 5.74) is 2.94. The fourth-order valence-corrected chi connectivity index (χ4v) is 3.30. The highest BCUT2D eigenvalue weighted by atomic mass is 16.5. The number of esters is 1. The third kappa shape index (κ3) is 6.42. The number of carbonyl (C=O) groups is 2. The van der Waals surface area contributed by atoms with Crippen LogP contribution in [0.5, 0.6) is 0 Å². The zero-order valence-electron chi connectivity index (χ0n) is 16.8. The van der Waals surface area contributed by atoms with Crippen LogP contribution in [0.3, 0.4) is 0 Å². The Morgan fingerprint density at radius 2 is 1.85 bits per heavy atom. The number of nitrogens with zero attached hydrogens (tertiary/aromatic N) is 1. The summed E-state index contributed by atoms with van der Waals surface area (Å²) in [6.45, 7) is 8.21. The summed E-state index contributed by atoms with van der Waals surface area (Å²) in [6, 6.07) is 7.31. The number of anilines is 1. The highest BCUT2D eigenvalue weighted by Crippen LogP contribution is 2.19. The molecule has 0 radical (unpaired) electrons. The van der Waals surface area contributed by atoms with Gasteiger partial charge in [-0.25, -0.2) is 4.79 Å². The first-order chi connectivity index (χ1) is 13.0. The number of hydrogen-bond acceptors (Lipinski definition) is 4. The van der Waals surface area contributed by atoms with E-state index in [1.807, 2.05) is 12.1 Å². The van der Waals surface area contributed by atoms with Crippen molar-refractivity contribution in [2.75, 3.05) is 24.5 Å². The number of rotatable bonds is 9. The molecule has 0 aromatic heterocycles. The molecule has 27 heavy (non-hydrogen) atoms. The monoisotopic (exact) mass is 372 g/mol. The second-order valence-electron chi connectivity index (χ2n) is 6.92. The second-order valence-corrected chi connectivity index (χ2v) is 6.92. The van der Waals surface area contributed by atoms with Crippen LogP contribution in [0.25, 0.3) is 0 Å². The zero-order valence-corrected chi connectivity index (χ0v) is 16.8. The van der Waals surface area contributed by atoms with Crippen LogP contribution >= 0.6 is 0 Å². The Morgan fingerprint density at radius 1 is 1.15 bits per heavy atom. The quantitative estimate of drug-likeness (QED) is 0.524. The molecule has 0 bridgehead atoms. The molecule has 5 nitrogen and oxygen atoms in total. The van der Waals surface area contributed by atoms with Crippen LogP contribution in [0, 0.1) is 0 Å². The number of benzene rings is 1. The summed E-state index contributed by atoms with van der Waals surface area (Å²) >= 11 is 0. The molecule has 1 aromatic rings. The molecule has 1 N–H and O–H groups in total. The molecule has 1 atom stereocenters. The minimum atomic E-state index is -0.805. The molecule has 1 amide bonds. The summed E-state index contributed by atoms with van der Waals surface area (Å²) in [7, 11) is 0. The molecule has 0 heterocycles. The lowest BCUT2D eigenvalue weighted by atomic mass is 9.97. The van der Waals surface area contributed by atoms with Crippen LogP contribution in [-0.2, 0) is 9.53 Å². The predicted octanol–water partition coefficient (Wildman–Crippen LogP) is 4.08. The van der Waals surface area contributed by atoms with Crippen molar-refractivity contribution < 1.29 is 14.3 Å². The summed E-state index contributed by atoms with van der Waals surface area (Å²) in [5.74, 6) is -0.724. The maximum atomic E-state index is 12.3. The first kappa shape index (κ1) is 21.0. The van der Waals surface area contributed by atoms with Gasteiger partial charge < -0.3 is 15.0 Å². The fraction of sp³-hybridized carbons (Fsp3) is 0.545. The molecule has 0 saturated carbocycles. The van der Waals surface area contributed by atoms with Crippen LogP contribution in [0.2, 0.25) is 0 Å². The third-order valence-corrected chi connectivity index (χ3v) is 5.02. The highest BCUT2D eigenvalue weighted by Gasteiger charge is 2.19. The molecule has 0 spiro atoms. The van der Waals surface area contributed by atoms with Crippen LogP contribution in [0.1, 0.15) is 63.2 Å². The lowest BCUT2D eigenvalue weighted by molar-refractivity contribution is -0.129. The average molecular weight is 373 g/mol.